The largest absolute Gasteiger partial charge is 0.382 e. The van der Waals surface area contributed by atoms with Gasteiger partial charge in [0, 0.05) is 24.2 Å². The summed E-state index contributed by atoms with van der Waals surface area (Å²) in [5, 5.41) is 1.01. The van der Waals surface area contributed by atoms with Crippen LogP contribution >= 0.6 is 23.4 Å². The Bertz CT molecular complexity index is 843. The molecule has 2 aliphatic rings. The number of halogens is 1. The van der Waals surface area contributed by atoms with Gasteiger partial charge < -0.3 is 21.1 Å². The summed E-state index contributed by atoms with van der Waals surface area (Å²) in [4.78, 5) is 16.1. The van der Waals surface area contributed by atoms with E-state index in [2.05, 4.69) is 26.8 Å². The number of aromatic nitrogens is 3. The van der Waals surface area contributed by atoms with E-state index in [1.807, 2.05) is 0 Å². The maximum Gasteiger partial charge on any atom is 0.158 e. The lowest BCUT2D eigenvalue weighted by molar-refractivity contribution is 0.0976. The van der Waals surface area contributed by atoms with Crippen LogP contribution in [0.1, 0.15) is 26.2 Å². The van der Waals surface area contributed by atoms with Crippen LogP contribution < -0.4 is 16.4 Å². The molecule has 27 heavy (non-hydrogen) atoms. The lowest BCUT2D eigenvalue weighted by Gasteiger charge is -2.38. The van der Waals surface area contributed by atoms with Gasteiger partial charge in [-0.05, 0) is 37.7 Å². The summed E-state index contributed by atoms with van der Waals surface area (Å²) in [6.45, 7) is 4.93. The number of nitrogens with two attached hydrogens (primary N) is 2. The van der Waals surface area contributed by atoms with Gasteiger partial charge in [-0.25, -0.2) is 15.0 Å². The van der Waals surface area contributed by atoms with Crippen molar-refractivity contribution >= 4 is 40.8 Å². The summed E-state index contributed by atoms with van der Waals surface area (Å²) < 4.78 is 5.80. The molecule has 2 aliphatic heterocycles. The highest BCUT2D eigenvalue weighted by Gasteiger charge is 2.41. The van der Waals surface area contributed by atoms with Gasteiger partial charge in [0.2, 0.25) is 0 Å². The van der Waals surface area contributed by atoms with Crippen LogP contribution in [0.3, 0.4) is 0 Å². The van der Waals surface area contributed by atoms with Crippen molar-refractivity contribution in [2.45, 2.75) is 42.2 Å². The van der Waals surface area contributed by atoms with E-state index >= 15 is 0 Å². The van der Waals surface area contributed by atoms with Crippen LogP contribution in [-0.4, -0.2) is 40.8 Å². The monoisotopic (exact) mass is 406 g/mol. The van der Waals surface area contributed by atoms with Crippen LogP contribution in [0.2, 0.25) is 5.02 Å². The van der Waals surface area contributed by atoms with Crippen molar-refractivity contribution < 1.29 is 4.74 Å². The Kier molecular flexibility index (Phi) is 5.05. The van der Waals surface area contributed by atoms with Crippen molar-refractivity contribution in [3.63, 3.8) is 0 Å². The number of hydrogen-bond acceptors (Lipinski definition) is 8. The topological polar surface area (TPSA) is 103 Å². The molecule has 0 amide bonds. The Labute approximate surface area is 167 Å². The average Bonchev–Trinajstić information content (AvgIpc) is 3.01. The first-order valence-corrected chi connectivity index (χ1v) is 10.2. The van der Waals surface area contributed by atoms with Crippen molar-refractivity contribution in [3.05, 3.63) is 23.5 Å². The third kappa shape index (κ3) is 3.79. The molecule has 7 nitrogen and oxygen atoms in total. The number of pyridine rings is 1. The number of ether oxygens (including phenoxy) is 1. The predicted molar refractivity (Wildman–Crippen MR) is 108 cm³/mol. The summed E-state index contributed by atoms with van der Waals surface area (Å²) in [6, 6.07) is 1.78. The first kappa shape index (κ1) is 18.6. The second kappa shape index (κ2) is 7.33. The third-order valence-corrected chi connectivity index (χ3v) is 6.96. The highest BCUT2D eigenvalue weighted by atomic mass is 35.5. The predicted octanol–water partition coefficient (Wildman–Crippen LogP) is 3.24. The summed E-state index contributed by atoms with van der Waals surface area (Å²) in [5.41, 5.74) is 12.3. The Balaban J connectivity index is 1.45. The van der Waals surface area contributed by atoms with Crippen molar-refractivity contribution in [3.8, 4) is 0 Å². The van der Waals surface area contributed by atoms with Crippen LogP contribution in [0, 0.1) is 5.41 Å². The maximum atomic E-state index is 6.20. The molecule has 0 radical (unpaired) electrons. The van der Waals surface area contributed by atoms with Gasteiger partial charge in [0.1, 0.15) is 16.7 Å². The fraction of sp³-hybridized carbons (Fsp3) is 0.500. The van der Waals surface area contributed by atoms with Crippen LogP contribution in [-0.2, 0) is 4.74 Å². The number of hydrogen-bond donors (Lipinski definition) is 2. The van der Waals surface area contributed by atoms with E-state index in [-0.39, 0.29) is 5.82 Å². The smallest absolute Gasteiger partial charge is 0.158 e. The number of nitrogens with zero attached hydrogens (tertiary/aromatic N) is 4. The average molecular weight is 407 g/mol. The zero-order chi connectivity index (χ0) is 19.0. The van der Waals surface area contributed by atoms with E-state index in [4.69, 9.17) is 27.8 Å². The molecule has 4 N–H and O–H groups in total. The summed E-state index contributed by atoms with van der Waals surface area (Å²) in [5.74, 6) is 1.50. The van der Waals surface area contributed by atoms with Gasteiger partial charge in [0.05, 0.1) is 23.9 Å². The van der Waals surface area contributed by atoms with Gasteiger partial charge in [-0.1, -0.05) is 23.4 Å². The minimum Gasteiger partial charge on any atom is -0.382 e. The quantitative estimate of drug-likeness (QED) is 0.800. The second-order valence-corrected chi connectivity index (χ2v) is 8.75. The normalized spacial score (nSPS) is 21.7. The maximum absolute atomic E-state index is 6.20. The van der Waals surface area contributed by atoms with E-state index in [1.165, 1.54) is 11.8 Å². The van der Waals surface area contributed by atoms with Gasteiger partial charge >= 0.3 is 0 Å². The first-order valence-electron chi connectivity index (χ1n) is 9.03. The number of anilines is 3. The first-order chi connectivity index (χ1) is 13.0. The fourth-order valence-corrected chi connectivity index (χ4v) is 4.86. The van der Waals surface area contributed by atoms with Crippen LogP contribution in [0.4, 0.5) is 17.5 Å². The van der Waals surface area contributed by atoms with Crippen molar-refractivity contribution in [1.82, 2.24) is 15.0 Å². The van der Waals surface area contributed by atoms with Crippen molar-refractivity contribution in [2.75, 3.05) is 36.1 Å². The van der Waals surface area contributed by atoms with Gasteiger partial charge in [0.15, 0.2) is 5.82 Å². The zero-order valence-electron chi connectivity index (χ0n) is 15.2. The lowest BCUT2D eigenvalue weighted by Crippen LogP contribution is -2.41. The lowest BCUT2D eigenvalue weighted by atomic mass is 9.77. The van der Waals surface area contributed by atoms with Crippen LogP contribution in [0.15, 0.2) is 28.4 Å². The number of nitrogen functional groups attached to an aromatic ring is 2. The van der Waals surface area contributed by atoms with Gasteiger partial charge in [0.25, 0.3) is 0 Å². The van der Waals surface area contributed by atoms with E-state index in [0.717, 1.165) is 49.7 Å². The van der Waals surface area contributed by atoms with Crippen molar-refractivity contribution in [1.29, 1.82) is 0 Å². The third-order valence-electron chi connectivity index (χ3n) is 5.38. The molecule has 1 spiro atoms. The molecule has 0 aromatic carbocycles. The standard InChI is InChI=1S/C18H23ClN6OS/c1-11-8-18(10-26-11)3-6-25(7-4-18)13-9-23-17(16(21)24-13)27-12-2-5-22-15(20)14(12)19/h2,5,9,11H,3-4,6-8,10H2,1H3,(H2,20,22)(H2,21,24). The number of piperidine rings is 1. The minimum absolute atomic E-state index is 0.289. The van der Waals surface area contributed by atoms with Gasteiger partial charge in [-0.3, -0.25) is 0 Å². The molecule has 2 aromatic rings. The zero-order valence-corrected chi connectivity index (χ0v) is 16.8. The summed E-state index contributed by atoms with van der Waals surface area (Å²) in [6.07, 6.45) is 7.14. The summed E-state index contributed by atoms with van der Waals surface area (Å²) in [7, 11) is 0. The number of rotatable bonds is 3. The van der Waals surface area contributed by atoms with E-state index in [9.17, 15) is 0 Å². The van der Waals surface area contributed by atoms with Crippen LogP contribution in [0.5, 0.6) is 0 Å². The van der Waals surface area contributed by atoms with E-state index < -0.39 is 0 Å². The van der Waals surface area contributed by atoms with Gasteiger partial charge in [-0.2, -0.15) is 0 Å². The molecule has 0 aliphatic carbocycles. The molecule has 1 atom stereocenters. The minimum atomic E-state index is 0.289. The van der Waals surface area contributed by atoms with E-state index in [0.29, 0.717) is 27.4 Å². The molecule has 9 heteroatoms. The summed E-state index contributed by atoms with van der Waals surface area (Å²) >= 11 is 7.54. The fourth-order valence-electron chi connectivity index (χ4n) is 3.84. The highest BCUT2D eigenvalue weighted by molar-refractivity contribution is 7.99. The molecule has 2 aromatic heterocycles. The van der Waals surface area contributed by atoms with Crippen molar-refractivity contribution in [2.24, 2.45) is 5.41 Å². The van der Waals surface area contributed by atoms with Gasteiger partial charge in [-0.15, -0.1) is 0 Å². The highest BCUT2D eigenvalue weighted by Crippen LogP contribution is 2.43. The molecule has 0 saturated carbocycles. The molecule has 4 rings (SSSR count). The molecular weight excluding hydrogens is 384 g/mol. The molecule has 1 unspecified atom stereocenters. The Morgan fingerprint density at radius 2 is 2.04 bits per heavy atom. The SMILES string of the molecule is CC1CC2(CCN(c3cnc(Sc4ccnc(N)c4Cl)c(N)n3)CC2)CO1. The Morgan fingerprint density at radius 3 is 2.70 bits per heavy atom. The molecule has 2 fully saturated rings. The molecule has 0 bridgehead atoms. The molecule has 4 heterocycles. The Hall–Kier alpha value is -1.77. The molecular formula is C18H23ClN6OS. The second-order valence-electron chi connectivity index (χ2n) is 7.34. The Morgan fingerprint density at radius 1 is 1.26 bits per heavy atom. The molecule has 2 saturated heterocycles. The van der Waals surface area contributed by atoms with Crippen LogP contribution in [0.25, 0.3) is 0 Å². The molecule has 144 valence electrons. The van der Waals surface area contributed by atoms with E-state index in [1.54, 1.807) is 18.5 Å².